The van der Waals surface area contributed by atoms with Gasteiger partial charge in [-0.2, -0.15) is 0 Å². The largest absolute Gasteiger partial charge is 0.464 e. The molecule has 4 aromatic rings. The number of pyridine rings is 1. The molecule has 2 atom stereocenters. The van der Waals surface area contributed by atoms with Gasteiger partial charge in [0, 0.05) is 0 Å². The van der Waals surface area contributed by atoms with Gasteiger partial charge in [0.15, 0.2) is 14.1 Å². The number of hydrogen-bond acceptors (Lipinski definition) is 7. The molecule has 0 amide bonds. The number of nitrogens with zero attached hydrogens (tertiary/aromatic N) is 2. The molecular formula is C33H38N2O5Si. The van der Waals surface area contributed by atoms with Gasteiger partial charge < -0.3 is 18.3 Å². The van der Waals surface area contributed by atoms with E-state index in [1.165, 1.54) is 18.2 Å². The second-order valence-electron chi connectivity index (χ2n) is 12.1. The Morgan fingerprint density at radius 2 is 1.78 bits per heavy atom. The number of aryl methyl sites for hydroxylation is 1. The summed E-state index contributed by atoms with van der Waals surface area (Å²) in [7, 11) is -0.835. The lowest BCUT2D eigenvalue weighted by molar-refractivity contribution is 0.0594. The third-order valence-corrected chi connectivity index (χ3v) is 12.7. The topological polar surface area (TPSA) is 83.7 Å². The van der Waals surface area contributed by atoms with E-state index in [1.54, 1.807) is 24.4 Å². The van der Waals surface area contributed by atoms with Crippen LogP contribution < -0.4 is 4.74 Å². The zero-order valence-corrected chi connectivity index (χ0v) is 25.6. The van der Waals surface area contributed by atoms with Crippen LogP contribution in [0.3, 0.4) is 0 Å². The number of hydrogen-bond donors (Lipinski definition) is 0. The number of para-hydroxylation sites is 1. The number of ether oxygens (including phenoxy) is 2. The molecule has 8 heteroatoms. The first-order valence-corrected chi connectivity index (χ1v) is 17.0. The number of carbonyl (C=O) groups excluding carboxylic acids is 1. The molecule has 2 aromatic heterocycles. The first-order valence-electron chi connectivity index (χ1n) is 14.1. The Balaban J connectivity index is 1.42. The number of benzene rings is 2. The molecule has 1 aliphatic rings. The van der Waals surface area contributed by atoms with E-state index < -0.39 is 14.3 Å². The first kappa shape index (κ1) is 28.8. The zero-order chi connectivity index (χ0) is 29.2. The number of fused-ring (bicyclic) bond motifs is 1. The highest BCUT2D eigenvalue weighted by Crippen LogP contribution is 2.45. The molecule has 2 aromatic carbocycles. The van der Waals surface area contributed by atoms with Crippen molar-refractivity contribution in [3.05, 3.63) is 95.6 Å². The Morgan fingerprint density at radius 3 is 2.51 bits per heavy atom. The van der Waals surface area contributed by atoms with Gasteiger partial charge in [-0.1, -0.05) is 51.1 Å². The molecule has 0 bridgehead atoms. The number of methoxy groups -OCH3 is 1. The second kappa shape index (κ2) is 11.6. The maximum absolute atomic E-state index is 12.0. The summed E-state index contributed by atoms with van der Waals surface area (Å²) in [6.07, 6.45) is 4.08. The second-order valence-corrected chi connectivity index (χ2v) is 16.9. The third kappa shape index (κ3) is 6.44. The lowest BCUT2D eigenvalue weighted by Crippen LogP contribution is -2.43. The molecule has 2 heterocycles. The van der Waals surface area contributed by atoms with Crippen LogP contribution in [-0.2, 0) is 22.0 Å². The molecule has 0 saturated heterocycles. The lowest BCUT2D eigenvalue weighted by atomic mass is 9.81. The maximum Gasteiger partial charge on any atom is 0.356 e. The summed E-state index contributed by atoms with van der Waals surface area (Å²) >= 11 is 0. The summed E-state index contributed by atoms with van der Waals surface area (Å²) < 4.78 is 24.3. The highest BCUT2D eigenvalue weighted by Gasteiger charge is 2.43. The quantitative estimate of drug-likeness (QED) is 0.156. The first-order chi connectivity index (χ1) is 19.5. The van der Waals surface area contributed by atoms with Gasteiger partial charge in [0.25, 0.3) is 0 Å². The van der Waals surface area contributed by atoms with Crippen LogP contribution in [0.1, 0.15) is 60.8 Å². The molecule has 214 valence electrons. The van der Waals surface area contributed by atoms with Gasteiger partial charge in [0.05, 0.1) is 13.3 Å². The molecule has 0 spiro atoms. The van der Waals surface area contributed by atoms with Crippen molar-refractivity contribution in [1.82, 2.24) is 9.97 Å². The molecule has 0 aliphatic heterocycles. The number of esters is 1. The minimum absolute atomic E-state index is 0.0212. The fraction of sp³-hybridized carbons (Fsp3) is 0.364. The fourth-order valence-electron chi connectivity index (χ4n) is 4.88. The molecule has 1 aliphatic carbocycles. The van der Waals surface area contributed by atoms with Gasteiger partial charge in [-0.15, -0.1) is 0 Å². The Kier molecular flexibility index (Phi) is 8.15. The van der Waals surface area contributed by atoms with Gasteiger partial charge >= 0.3 is 5.97 Å². The monoisotopic (exact) mass is 570 g/mol. The average molecular weight is 571 g/mol. The normalized spacial score (nSPS) is 16.1. The van der Waals surface area contributed by atoms with Crippen molar-refractivity contribution in [1.29, 1.82) is 0 Å². The molecule has 41 heavy (non-hydrogen) atoms. The van der Waals surface area contributed by atoms with E-state index in [0.717, 1.165) is 30.8 Å². The summed E-state index contributed by atoms with van der Waals surface area (Å²) in [5.41, 5.74) is 3.34. The van der Waals surface area contributed by atoms with Crippen LogP contribution >= 0.6 is 0 Å². The van der Waals surface area contributed by atoms with Crippen molar-refractivity contribution in [3.63, 3.8) is 0 Å². The van der Waals surface area contributed by atoms with Crippen molar-refractivity contribution in [3.8, 4) is 23.0 Å². The number of oxazole rings is 1. The number of aromatic nitrogens is 2. The van der Waals surface area contributed by atoms with Crippen LogP contribution in [0, 0.1) is 5.92 Å². The summed E-state index contributed by atoms with van der Waals surface area (Å²) in [4.78, 5) is 21.2. The van der Waals surface area contributed by atoms with E-state index in [2.05, 4.69) is 51.0 Å². The summed E-state index contributed by atoms with van der Waals surface area (Å²) in [5, 5.41) is 0.0212. The highest BCUT2D eigenvalue weighted by molar-refractivity contribution is 6.74. The van der Waals surface area contributed by atoms with Gasteiger partial charge in [-0.3, -0.25) is 0 Å². The standard InChI is InChI=1S/C33H38N2O5Si/c1-33(2,3)41(5,6)40-30(31-34-21-29(39-31)27-13-10-14-28(35-27)32(36)37-4)24-16-15-23-20-26(18-17-22(23)19-24)38-25-11-8-7-9-12-25/h7-14,17-18,20-21,24,30H,15-16,19H2,1-6H3. The Labute approximate surface area is 243 Å². The molecule has 0 radical (unpaired) electrons. The molecule has 0 saturated carbocycles. The van der Waals surface area contributed by atoms with Crippen LogP contribution in [0.2, 0.25) is 18.1 Å². The van der Waals surface area contributed by atoms with E-state index in [-0.39, 0.29) is 22.8 Å². The van der Waals surface area contributed by atoms with Crippen LogP contribution in [0.4, 0.5) is 0 Å². The van der Waals surface area contributed by atoms with Crippen molar-refractivity contribution < 1.29 is 23.1 Å². The molecular weight excluding hydrogens is 532 g/mol. The van der Waals surface area contributed by atoms with Crippen molar-refractivity contribution >= 4 is 14.3 Å². The minimum atomic E-state index is -2.17. The molecule has 7 nitrogen and oxygen atoms in total. The maximum atomic E-state index is 12.0. The van der Waals surface area contributed by atoms with Crippen LogP contribution in [-0.4, -0.2) is 31.4 Å². The zero-order valence-electron chi connectivity index (χ0n) is 24.6. The lowest BCUT2D eigenvalue weighted by Gasteiger charge is -2.41. The number of carbonyl (C=O) groups is 1. The predicted molar refractivity (Wildman–Crippen MR) is 161 cm³/mol. The summed E-state index contributed by atoms with van der Waals surface area (Å²) in [5.74, 6) is 2.42. The van der Waals surface area contributed by atoms with E-state index in [4.69, 9.17) is 23.3 Å². The van der Waals surface area contributed by atoms with E-state index in [9.17, 15) is 4.79 Å². The van der Waals surface area contributed by atoms with Crippen molar-refractivity contribution in [2.45, 2.75) is 64.3 Å². The SMILES string of the molecule is COC(=O)c1cccc(-c2cnc(C(O[Si](C)(C)C(C)(C)C)C3CCc4cc(Oc5ccccc5)ccc4C3)o2)n1. The Hall–Kier alpha value is -3.75. The number of rotatable bonds is 8. The average Bonchev–Trinajstić information content (AvgIpc) is 3.45. The van der Waals surface area contributed by atoms with Gasteiger partial charge in [-0.05, 0) is 90.8 Å². The van der Waals surface area contributed by atoms with Gasteiger partial charge in [-0.25, -0.2) is 14.8 Å². The fourth-order valence-corrected chi connectivity index (χ4v) is 6.16. The van der Waals surface area contributed by atoms with Gasteiger partial charge in [0.1, 0.15) is 29.0 Å². The van der Waals surface area contributed by atoms with Crippen LogP contribution in [0.15, 0.2) is 77.3 Å². The minimum Gasteiger partial charge on any atom is -0.464 e. The summed E-state index contributed by atoms with van der Waals surface area (Å²) in [6, 6.07) is 21.4. The summed E-state index contributed by atoms with van der Waals surface area (Å²) in [6.45, 7) is 11.2. The van der Waals surface area contributed by atoms with Crippen LogP contribution in [0.25, 0.3) is 11.5 Å². The highest BCUT2D eigenvalue weighted by atomic mass is 28.4. The predicted octanol–water partition coefficient (Wildman–Crippen LogP) is 8.18. The Morgan fingerprint density at radius 1 is 1.00 bits per heavy atom. The van der Waals surface area contributed by atoms with Gasteiger partial charge in [0.2, 0.25) is 5.89 Å². The third-order valence-electron chi connectivity index (χ3n) is 8.24. The van der Waals surface area contributed by atoms with Crippen molar-refractivity contribution in [2.75, 3.05) is 7.11 Å². The molecule has 0 N–H and O–H groups in total. The van der Waals surface area contributed by atoms with Crippen LogP contribution in [0.5, 0.6) is 11.5 Å². The molecule has 0 fully saturated rings. The van der Waals surface area contributed by atoms with E-state index in [1.807, 2.05) is 36.4 Å². The smallest absolute Gasteiger partial charge is 0.356 e. The van der Waals surface area contributed by atoms with E-state index in [0.29, 0.717) is 17.3 Å². The van der Waals surface area contributed by atoms with Crippen molar-refractivity contribution in [2.24, 2.45) is 5.92 Å². The van der Waals surface area contributed by atoms with E-state index >= 15 is 0 Å². The Bertz CT molecular complexity index is 1510. The molecule has 5 rings (SSSR count). The molecule has 2 unspecified atom stereocenters.